The lowest BCUT2D eigenvalue weighted by molar-refractivity contribution is -0.905. The van der Waals surface area contributed by atoms with E-state index in [0.29, 0.717) is 6.10 Å². The van der Waals surface area contributed by atoms with Crippen LogP contribution < -0.4 is 24.0 Å². The van der Waals surface area contributed by atoms with Gasteiger partial charge in [0.25, 0.3) is 0 Å². The molecule has 3 heteroatoms. The molecule has 0 aromatic rings. The summed E-state index contributed by atoms with van der Waals surface area (Å²) in [6.45, 7) is 1.37. The molecule has 1 heterocycles. The van der Waals surface area contributed by atoms with Gasteiger partial charge in [-0.05, 0) is 12.8 Å². The average molecular weight is 297 g/mol. The summed E-state index contributed by atoms with van der Waals surface area (Å²) in [5.41, 5.74) is 0. The third-order valence-corrected chi connectivity index (χ3v) is 3.79. The number of halogens is 1. The molecular formula is C10H20INO. The third kappa shape index (κ3) is 2.02. The zero-order chi connectivity index (χ0) is 8.77. The van der Waals surface area contributed by atoms with Crippen LogP contribution in [-0.4, -0.2) is 44.4 Å². The van der Waals surface area contributed by atoms with E-state index in [1.54, 1.807) is 0 Å². The summed E-state index contributed by atoms with van der Waals surface area (Å²) < 4.78 is 6.72. The standard InChI is InChI=1S/C10H20NO.HI/c1-11(2)7-8-4-5-10(12-3)9(11)6-8;/h8-10H,4-7H2,1-3H3;1H/q+1;/p-1/t8-,9-,10-;/m1./s1. The van der Waals surface area contributed by atoms with Crippen LogP contribution in [0.15, 0.2) is 0 Å². The van der Waals surface area contributed by atoms with Crippen molar-refractivity contribution in [2.75, 3.05) is 27.7 Å². The summed E-state index contributed by atoms with van der Waals surface area (Å²) in [5.74, 6) is 0.983. The maximum Gasteiger partial charge on any atom is 0.116 e. The Morgan fingerprint density at radius 1 is 1.23 bits per heavy atom. The second-order valence-corrected chi connectivity index (χ2v) is 4.98. The first-order valence-electron chi connectivity index (χ1n) is 4.99. The Balaban J connectivity index is 0.000000845. The number of hydrogen-bond acceptors (Lipinski definition) is 1. The van der Waals surface area contributed by atoms with Gasteiger partial charge in [0, 0.05) is 19.4 Å². The summed E-state index contributed by atoms with van der Waals surface area (Å²) in [4.78, 5) is 0. The van der Waals surface area contributed by atoms with E-state index in [9.17, 15) is 0 Å². The molecular weight excluding hydrogens is 277 g/mol. The van der Waals surface area contributed by atoms with Gasteiger partial charge >= 0.3 is 0 Å². The fourth-order valence-electron chi connectivity index (χ4n) is 3.18. The van der Waals surface area contributed by atoms with Crippen LogP contribution in [0.25, 0.3) is 0 Å². The zero-order valence-electron chi connectivity index (χ0n) is 8.79. The molecule has 1 saturated carbocycles. The molecule has 0 N–H and O–H groups in total. The van der Waals surface area contributed by atoms with Crippen molar-refractivity contribution in [1.29, 1.82) is 0 Å². The molecule has 13 heavy (non-hydrogen) atoms. The van der Waals surface area contributed by atoms with E-state index in [1.807, 2.05) is 7.11 Å². The van der Waals surface area contributed by atoms with Gasteiger partial charge in [-0.1, -0.05) is 0 Å². The predicted molar refractivity (Wildman–Crippen MR) is 48.9 cm³/mol. The Morgan fingerprint density at radius 3 is 2.54 bits per heavy atom. The molecule has 2 bridgehead atoms. The maximum absolute atomic E-state index is 5.54. The van der Waals surface area contributed by atoms with Gasteiger partial charge in [0.1, 0.15) is 12.1 Å². The van der Waals surface area contributed by atoms with Crippen molar-refractivity contribution in [3.63, 3.8) is 0 Å². The van der Waals surface area contributed by atoms with Gasteiger partial charge in [0.15, 0.2) is 0 Å². The first-order chi connectivity index (χ1) is 5.63. The smallest absolute Gasteiger partial charge is 0.116 e. The molecule has 2 rings (SSSR count). The Kier molecular flexibility index (Phi) is 3.63. The zero-order valence-corrected chi connectivity index (χ0v) is 11.0. The minimum atomic E-state index is 0. The molecule has 0 aromatic heterocycles. The highest BCUT2D eigenvalue weighted by atomic mass is 127. The number of quaternary nitrogens is 1. The van der Waals surface area contributed by atoms with Crippen LogP contribution in [0.4, 0.5) is 0 Å². The maximum atomic E-state index is 5.54. The van der Waals surface area contributed by atoms with Crippen LogP contribution in [-0.2, 0) is 4.74 Å². The van der Waals surface area contributed by atoms with E-state index in [1.165, 1.54) is 30.3 Å². The Bertz CT molecular complexity index is 184. The number of rotatable bonds is 1. The molecule has 2 fully saturated rings. The topological polar surface area (TPSA) is 9.23 Å². The van der Waals surface area contributed by atoms with Crippen molar-refractivity contribution in [3.05, 3.63) is 0 Å². The molecule has 1 aliphatic heterocycles. The van der Waals surface area contributed by atoms with Crippen molar-refractivity contribution < 1.29 is 33.2 Å². The lowest BCUT2D eigenvalue weighted by Gasteiger charge is -2.35. The average Bonchev–Trinajstić information content (AvgIpc) is 2.25. The number of hydrogen-bond donors (Lipinski definition) is 0. The van der Waals surface area contributed by atoms with Crippen LogP contribution >= 0.6 is 0 Å². The van der Waals surface area contributed by atoms with Gasteiger partial charge < -0.3 is 33.2 Å². The molecule has 3 atom stereocenters. The number of methoxy groups -OCH3 is 1. The van der Waals surface area contributed by atoms with Gasteiger partial charge in [-0.3, -0.25) is 0 Å². The summed E-state index contributed by atoms with van der Waals surface area (Å²) in [5, 5.41) is 0. The van der Waals surface area contributed by atoms with Crippen LogP contribution in [0.3, 0.4) is 0 Å². The summed E-state index contributed by atoms with van der Waals surface area (Å²) in [7, 11) is 6.56. The Labute approximate surface area is 98.2 Å². The van der Waals surface area contributed by atoms with E-state index < -0.39 is 0 Å². The highest BCUT2D eigenvalue weighted by molar-refractivity contribution is 4.86. The van der Waals surface area contributed by atoms with E-state index in [-0.39, 0.29) is 24.0 Å². The molecule has 0 aromatic carbocycles. The molecule has 0 unspecified atom stereocenters. The van der Waals surface area contributed by atoms with Crippen LogP contribution in [0.2, 0.25) is 0 Å². The highest BCUT2D eigenvalue weighted by Gasteiger charge is 2.48. The Hall–Kier alpha value is 0.650. The number of likely N-dealkylation sites (tertiary alicyclic amines) is 1. The molecule has 0 spiro atoms. The van der Waals surface area contributed by atoms with Crippen molar-refractivity contribution in [1.82, 2.24) is 0 Å². The molecule has 0 radical (unpaired) electrons. The monoisotopic (exact) mass is 297 g/mol. The molecule has 1 saturated heterocycles. The fourth-order valence-corrected chi connectivity index (χ4v) is 3.18. The van der Waals surface area contributed by atoms with Gasteiger partial charge in [0.2, 0.25) is 0 Å². The summed E-state index contributed by atoms with van der Waals surface area (Å²) >= 11 is 0. The SMILES string of the molecule is CO[C@@H]1CC[C@@H]2C[C@H]1[N+](C)(C)C2.[I-]. The molecule has 1 aliphatic carbocycles. The van der Waals surface area contributed by atoms with Gasteiger partial charge in [-0.2, -0.15) is 0 Å². The second kappa shape index (κ2) is 4.03. The van der Waals surface area contributed by atoms with Gasteiger partial charge in [0.05, 0.1) is 20.6 Å². The van der Waals surface area contributed by atoms with Crippen molar-refractivity contribution >= 4 is 0 Å². The quantitative estimate of drug-likeness (QED) is 0.413. The molecule has 2 nitrogen and oxygen atoms in total. The van der Waals surface area contributed by atoms with E-state index in [2.05, 4.69) is 14.1 Å². The van der Waals surface area contributed by atoms with Crippen LogP contribution in [0, 0.1) is 5.92 Å². The fraction of sp³-hybridized carbons (Fsp3) is 1.00. The number of nitrogens with zero attached hydrogens (tertiary/aromatic N) is 1. The second-order valence-electron chi connectivity index (χ2n) is 4.98. The third-order valence-electron chi connectivity index (χ3n) is 3.79. The van der Waals surface area contributed by atoms with Crippen molar-refractivity contribution in [3.8, 4) is 0 Å². The van der Waals surface area contributed by atoms with Crippen molar-refractivity contribution in [2.24, 2.45) is 5.92 Å². The molecule has 2 aliphatic rings. The van der Waals surface area contributed by atoms with Crippen LogP contribution in [0.5, 0.6) is 0 Å². The van der Waals surface area contributed by atoms with E-state index in [0.717, 1.165) is 12.0 Å². The van der Waals surface area contributed by atoms with E-state index >= 15 is 0 Å². The number of fused-ring (bicyclic) bond motifs is 2. The van der Waals surface area contributed by atoms with Gasteiger partial charge in [-0.15, -0.1) is 0 Å². The number of ether oxygens (including phenoxy) is 1. The van der Waals surface area contributed by atoms with Gasteiger partial charge in [-0.25, -0.2) is 0 Å². The lowest BCUT2D eigenvalue weighted by atomic mass is 9.88. The minimum absolute atomic E-state index is 0. The first-order valence-corrected chi connectivity index (χ1v) is 4.99. The lowest BCUT2D eigenvalue weighted by Crippen LogP contribution is -3.00. The van der Waals surface area contributed by atoms with E-state index in [4.69, 9.17) is 4.74 Å². The largest absolute Gasteiger partial charge is 1.00 e. The molecule has 0 amide bonds. The predicted octanol–water partition coefficient (Wildman–Crippen LogP) is -1.74. The minimum Gasteiger partial charge on any atom is -1.00 e. The Morgan fingerprint density at radius 2 is 1.92 bits per heavy atom. The van der Waals surface area contributed by atoms with Crippen LogP contribution in [0.1, 0.15) is 19.3 Å². The molecule has 78 valence electrons. The first kappa shape index (κ1) is 11.7. The number of likely N-dealkylation sites (N-methyl/N-ethyl adjacent to an activating group) is 1. The van der Waals surface area contributed by atoms with Crippen molar-refractivity contribution in [2.45, 2.75) is 31.4 Å². The summed E-state index contributed by atoms with van der Waals surface area (Å²) in [6, 6.07) is 0.772. The summed E-state index contributed by atoms with van der Waals surface area (Å²) in [6.07, 6.45) is 4.59. The highest BCUT2D eigenvalue weighted by Crippen LogP contribution is 2.39. The normalized spacial score (nSPS) is 41.3.